The first kappa shape index (κ1) is 19.1. The van der Waals surface area contributed by atoms with Gasteiger partial charge in [0.15, 0.2) is 5.13 Å². The van der Waals surface area contributed by atoms with E-state index in [4.69, 9.17) is 0 Å². The van der Waals surface area contributed by atoms with Crippen molar-refractivity contribution in [3.8, 4) is 0 Å². The predicted octanol–water partition coefficient (Wildman–Crippen LogP) is 3.78. The summed E-state index contributed by atoms with van der Waals surface area (Å²) < 4.78 is 13.1. The first-order valence-corrected chi connectivity index (χ1v) is 8.71. The van der Waals surface area contributed by atoms with Crippen molar-refractivity contribution in [1.82, 2.24) is 9.88 Å². The lowest BCUT2D eigenvalue weighted by atomic mass is 10.0. The number of aryl methyl sites for hydroxylation is 2. The summed E-state index contributed by atoms with van der Waals surface area (Å²) in [4.78, 5) is 31.9. The Labute approximate surface area is 150 Å². The van der Waals surface area contributed by atoms with Gasteiger partial charge in [-0.3, -0.25) is 9.59 Å². The fourth-order valence-electron chi connectivity index (χ4n) is 2.19. The molecule has 0 saturated carbocycles. The molecule has 0 spiro atoms. The Kier molecular flexibility index (Phi) is 5.57. The van der Waals surface area contributed by atoms with Crippen LogP contribution in [0.2, 0.25) is 0 Å². The van der Waals surface area contributed by atoms with E-state index in [0.717, 1.165) is 10.6 Å². The summed E-state index contributed by atoms with van der Waals surface area (Å²) in [5.41, 5.74) is 0.637. The molecule has 0 saturated heterocycles. The van der Waals surface area contributed by atoms with Gasteiger partial charge in [0.1, 0.15) is 12.4 Å². The largest absolute Gasteiger partial charge is 0.324 e. The fourth-order valence-corrected chi connectivity index (χ4v) is 3.02. The smallest absolute Gasteiger partial charge is 0.254 e. The molecule has 2 amide bonds. The van der Waals surface area contributed by atoms with Crippen LogP contribution >= 0.6 is 11.3 Å². The molecule has 0 bridgehead atoms. The molecule has 1 aromatic heterocycles. The van der Waals surface area contributed by atoms with Crippen molar-refractivity contribution in [3.05, 3.63) is 46.2 Å². The Balaban J connectivity index is 2.16. The minimum Gasteiger partial charge on any atom is -0.324 e. The molecule has 7 heteroatoms. The Bertz CT molecular complexity index is 759. The number of benzene rings is 1. The number of halogens is 1. The highest BCUT2D eigenvalue weighted by Gasteiger charge is 2.29. The molecule has 1 heterocycles. The standard InChI is InChI=1S/C18H22FN3O2S/c1-11-12(2)25-17(20-11)21-15(23)10-22(18(3,4)5)16(24)13-6-8-14(19)9-7-13/h6-9H,10H2,1-5H3,(H,20,21,23). The quantitative estimate of drug-likeness (QED) is 0.899. The van der Waals surface area contributed by atoms with E-state index in [9.17, 15) is 14.0 Å². The van der Waals surface area contributed by atoms with Crippen molar-refractivity contribution in [2.75, 3.05) is 11.9 Å². The lowest BCUT2D eigenvalue weighted by Crippen LogP contribution is -2.49. The van der Waals surface area contributed by atoms with Gasteiger partial charge in [-0.2, -0.15) is 0 Å². The van der Waals surface area contributed by atoms with Crippen LogP contribution in [-0.2, 0) is 4.79 Å². The van der Waals surface area contributed by atoms with Crippen LogP contribution in [0.25, 0.3) is 0 Å². The van der Waals surface area contributed by atoms with Crippen LogP contribution in [0.15, 0.2) is 24.3 Å². The Morgan fingerprint density at radius 2 is 1.80 bits per heavy atom. The van der Waals surface area contributed by atoms with Crippen LogP contribution in [0.5, 0.6) is 0 Å². The van der Waals surface area contributed by atoms with Crippen molar-refractivity contribution < 1.29 is 14.0 Å². The van der Waals surface area contributed by atoms with E-state index >= 15 is 0 Å². The Morgan fingerprint density at radius 3 is 2.28 bits per heavy atom. The van der Waals surface area contributed by atoms with E-state index in [1.54, 1.807) is 0 Å². The Morgan fingerprint density at radius 1 is 1.20 bits per heavy atom. The molecule has 1 N–H and O–H groups in total. The van der Waals surface area contributed by atoms with Gasteiger partial charge in [0.05, 0.1) is 5.69 Å². The predicted molar refractivity (Wildman–Crippen MR) is 97.4 cm³/mol. The molecule has 1 aromatic carbocycles. The van der Waals surface area contributed by atoms with Crippen molar-refractivity contribution >= 4 is 28.3 Å². The lowest BCUT2D eigenvalue weighted by molar-refractivity contribution is -0.117. The van der Waals surface area contributed by atoms with E-state index in [2.05, 4.69) is 10.3 Å². The second-order valence-corrected chi connectivity index (χ2v) is 7.98. The van der Waals surface area contributed by atoms with Crippen LogP contribution in [0.1, 0.15) is 41.7 Å². The van der Waals surface area contributed by atoms with Gasteiger partial charge >= 0.3 is 0 Å². The summed E-state index contributed by atoms with van der Waals surface area (Å²) in [6, 6.07) is 5.30. The number of carbonyl (C=O) groups excluding carboxylic acids is 2. The summed E-state index contributed by atoms with van der Waals surface area (Å²) in [5.74, 6) is -1.06. The number of thiazole rings is 1. The summed E-state index contributed by atoms with van der Waals surface area (Å²) in [5, 5.41) is 3.25. The SMILES string of the molecule is Cc1nc(NC(=O)CN(C(=O)c2ccc(F)cc2)C(C)(C)C)sc1C. The Hall–Kier alpha value is -2.28. The summed E-state index contributed by atoms with van der Waals surface area (Å²) in [6.45, 7) is 9.23. The van der Waals surface area contributed by atoms with Gasteiger partial charge in [0.2, 0.25) is 5.91 Å². The number of nitrogens with zero attached hydrogens (tertiary/aromatic N) is 2. The number of hydrogen-bond donors (Lipinski definition) is 1. The second-order valence-electron chi connectivity index (χ2n) is 6.78. The van der Waals surface area contributed by atoms with Gasteiger partial charge in [-0.15, -0.1) is 11.3 Å². The minimum absolute atomic E-state index is 0.114. The van der Waals surface area contributed by atoms with E-state index in [-0.39, 0.29) is 18.4 Å². The molecule has 2 aromatic rings. The highest BCUT2D eigenvalue weighted by molar-refractivity contribution is 7.15. The summed E-state index contributed by atoms with van der Waals surface area (Å²) in [7, 11) is 0. The molecule has 0 radical (unpaired) electrons. The van der Waals surface area contributed by atoms with Crippen LogP contribution in [-0.4, -0.2) is 33.8 Å². The first-order chi connectivity index (χ1) is 11.6. The maximum atomic E-state index is 13.1. The fraction of sp³-hybridized carbons (Fsp3) is 0.389. The van der Waals surface area contributed by atoms with Gasteiger partial charge in [0, 0.05) is 16.0 Å². The third-order valence-corrected chi connectivity index (χ3v) is 4.71. The zero-order chi connectivity index (χ0) is 18.8. The first-order valence-electron chi connectivity index (χ1n) is 7.89. The maximum Gasteiger partial charge on any atom is 0.254 e. The van der Waals surface area contributed by atoms with Crippen molar-refractivity contribution in [1.29, 1.82) is 0 Å². The summed E-state index contributed by atoms with van der Waals surface area (Å²) >= 11 is 1.40. The molecule has 5 nitrogen and oxygen atoms in total. The maximum absolute atomic E-state index is 13.1. The molecule has 0 fully saturated rings. The monoisotopic (exact) mass is 363 g/mol. The molecule has 0 aliphatic heterocycles. The molecule has 0 aliphatic rings. The zero-order valence-electron chi connectivity index (χ0n) is 15.0. The molecular formula is C18H22FN3O2S. The van der Waals surface area contributed by atoms with Gasteiger partial charge in [-0.05, 0) is 58.9 Å². The highest BCUT2D eigenvalue weighted by atomic mass is 32.1. The third kappa shape index (κ3) is 4.85. The molecule has 134 valence electrons. The molecule has 25 heavy (non-hydrogen) atoms. The average Bonchev–Trinajstić information content (AvgIpc) is 2.81. The third-order valence-electron chi connectivity index (χ3n) is 3.72. The van der Waals surface area contributed by atoms with Crippen molar-refractivity contribution in [2.24, 2.45) is 0 Å². The number of rotatable bonds is 4. The van der Waals surface area contributed by atoms with E-state index in [1.807, 2.05) is 34.6 Å². The van der Waals surface area contributed by atoms with E-state index in [1.165, 1.54) is 40.5 Å². The van der Waals surface area contributed by atoms with Gasteiger partial charge < -0.3 is 10.2 Å². The number of amides is 2. The lowest BCUT2D eigenvalue weighted by Gasteiger charge is -2.35. The van der Waals surface area contributed by atoms with Gasteiger partial charge in [-0.25, -0.2) is 9.37 Å². The van der Waals surface area contributed by atoms with Crippen molar-refractivity contribution in [3.63, 3.8) is 0 Å². The van der Waals surface area contributed by atoms with Crippen LogP contribution in [0.4, 0.5) is 9.52 Å². The number of carbonyl (C=O) groups is 2. The second kappa shape index (κ2) is 7.31. The van der Waals surface area contributed by atoms with Crippen LogP contribution in [0, 0.1) is 19.7 Å². The molecule has 0 atom stereocenters. The highest BCUT2D eigenvalue weighted by Crippen LogP contribution is 2.22. The minimum atomic E-state index is -0.572. The van der Waals surface area contributed by atoms with Crippen molar-refractivity contribution in [2.45, 2.75) is 40.2 Å². The number of anilines is 1. The molecule has 0 aliphatic carbocycles. The number of hydrogen-bond acceptors (Lipinski definition) is 4. The van der Waals surface area contributed by atoms with Crippen LogP contribution in [0.3, 0.4) is 0 Å². The number of aromatic nitrogens is 1. The van der Waals surface area contributed by atoms with Gasteiger partial charge in [-0.1, -0.05) is 0 Å². The zero-order valence-corrected chi connectivity index (χ0v) is 15.8. The summed E-state index contributed by atoms with van der Waals surface area (Å²) in [6.07, 6.45) is 0. The van der Waals surface area contributed by atoms with Gasteiger partial charge in [0.25, 0.3) is 5.91 Å². The topological polar surface area (TPSA) is 62.3 Å². The normalized spacial score (nSPS) is 11.3. The van der Waals surface area contributed by atoms with E-state index < -0.39 is 11.4 Å². The molecule has 0 unspecified atom stereocenters. The molecular weight excluding hydrogens is 341 g/mol. The van der Waals surface area contributed by atoms with Crippen LogP contribution < -0.4 is 5.32 Å². The average molecular weight is 363 g/mol. The van der Waals surface area contributed by atoms with E-state index in [0.29, 0.717) is 10.7 Å². The molecule has 2 rings (SSSR count). The number of nitrogens with one attached hydrogen (secondary N) is 1.